The summed E-state index contributed by atoms with van der Waals surface area (Å²) in [5.74, 6) is 0. The van der Waals surface area contributed by atoms with Gasteiger partial charge in [0, 0.05) is 36.8 Å². The molecule has 1 aliphatic rings. The SMILES string of the molecule is N#CCC1(Cn2ccc(=O)c(N)c2)CC1. The minimum absolute atomic E-state index is 0.135. The quantitative estimate of drug-likeness (QED) is 0.800. The molecule has 2 N–H and O–H groups in total. The molecule has 0 aliphatic heterocycles. The number of nitriles is 1. The predicted octanol–water partition coefficient (Wildman–Crippen LogP) is 1.12. The minimum Gasteiger partial charge on any atom is -0.394 e. The Balaban J connectivity index is 2.15. The third kappa shape index (κ3) is 2.01. The Morgan fingerprint density at radius 1 is 1.60 bits per heavy atom. The van der Waals surface area contributed by atoms with Gasteiger partial charge in [-0.05, 0) is 12.8 Å². The number of anilines is 1. The Hall–Kier alpha value is -1.76. The van der Waals surface area contributed by atoms with Gasteiger partial charge in [-0.1, -0.05) is 0 Å². The second-order valence-electron chi connectivity index (χ2n) is 4.27. The molecule has 1 heterocycles. The number of hydrogen-bond donors (Lipinski definition) is 1. The van der Waals surface area contributed by atoms with Crippen LogP contribution in [0.1, 0.15) is 19.3 Å². The van der Waals surface area contributed by atoms with Crippen LogP contribution in [0.15, 0.2) is 23.3 Å². The Bertz CT molecular complexity index is 465. The molecule has 15 heavy (non-hydrogen) atoms. The second-order valence-corrected chi connectivity index (χ2v) is 4.27. The van der Waals surface area contributed by atoms with Crippen LogP contribution in [0.3, 0.4) is 0 Å². The predicted molar refractivity (Wildman–Crippen MR) is 57.0 cm³/mol. The van der Waals surface area contributed by atoms with E-state index in [1.807, 2.05) is 4.57 Å². The molecule has 4 heteroatoms. The minimum atomic E-state index is -0.142. The van der Waals surface area contributed by atoms with E-state index in [9.17, 15) is 4.79 Å². The Morgan fingerprint density at radius 2 is 2.33 bits per heavy atom. The lowest BCUT2D eigenvalue weighted by Crippen LogP contribution is -2.15. The van der Waals surface area contributed by atoms with Gasteiger partial charge in [0.05, 0.1) is 11.8 Å². The molecule has 0 spiro atoms. The zero-order valence-corrected chi connectivity index (χ0v) is 8.44. The lowest BCUT2D eigenvalue weighted by atomic mass is 10.0. The first-order chi connectivity index (χ1) is 7.15. The molecule has 0 amide bonds. The van der Waals surface area contributed by atoms with Crippen molar-refractivity contribution in [2.75, 3.05) is 5.73 Å². The molecule has 0 aromatic carbocycles. The van der Waals surface area contributed by atoms with Gasteiger partial charge in [-0.2, -0.15) is 5.26 Å². The first kappa shape index (κ1) is 9.78. The third-order valence-corrected chi connectivity index (χ3v) is 2.94. The van der Waals surface area contributed by atoms with Gasteiger partial charge >= 0.3 is 0 Å². The average molecular weight is 203 g/mol. The van der Waals surface area contributed by atoms with E-state index in [0.29, 0.717) is 6.42 Å². The highest BCUT2D eigenvalue weighted by Crippen LogP contribution is 2.49. The summed E-state index contributed by atoms with van der Waals surface area (Å²) in [7, 11) is 0. The summed E-state index contributed by atoms with van der Waals surface area (Å²) in [6, 6.07) is 3.68. The number of aromatic nitrogens is 1. The molecule has 78 valence electrons. The highest BCUT2D eigenvalue weighted by molar-refractivity contribution is 5.33. The van der Waals surface area contributed by atoms with Crippen molar-refractivity contribution >= 4 is 5.69 Å². The first-order valence-electron chi connectivity index (χ1n) is 4.98. The van der Waals surface area contributed by atoms with Gasteiger partial charge in [-0.3, -0.25) is 4.79 Å². The highest BCUT2D eigenvalue weighted by atomic mass is 16.1. The lowest BCUT2D eigenvalue weighted by Gasteiger charge is -2.13. The van der Waals surface area contributed by atoms with Crippen molar-refractivity contribution in [3.63, 3.8) is 0 Å². The topological polar surface area (TPSA) is 71.8 Å². The summed E-state index contributed by atoms with van der Waals surface area (Å²) in [6.07, 6.45) is 6.15. The van der Waals surface area contributed by atoms with Crippen LogP contribution in [0.5, 0.6) is 0 Å². The fourth-order valence-corrected chi connectivity index (χ4v) is 1.77. The van der Waals surface area contributed by atoms with E-state index in [-0.39, 0.29) is 16.5 Å². The van der Waals surface area contributed by atoms with Crippen LogP contribution in [-0.2, 0) is 6.54 Å². The number of nitrogen functional groups attached to an aromatic ring is 1. The third-order valence-electron chi connectivity index (χ3n) is 2.94. The van der Waals surface area contributed by atoms with Gasteiger partial charge in [0.25, 0.3) is 0 Å². The maximum Gasteiger partial charge on any atom is 0.204 e. The summed E-state index contributed by atoms with van der Waals surface area (Å²) in [6.45, 7) is 0.783. The van der Waals surface area contributed by atoms with E-state index >= 15 is 0 Å². The smallest absolute Gasteiger partial charge is 0.204 e. The molecule has 0 saturated heterocycles. The molecular weight excluding hydrogens is 190 g/mol. The second kappa shape index (κ2) is 3.43. The molecule has 4 nitrogen and oxygen atoms in total. The number of pyridine rings is 1. The molecule has 1 aromatic rings. The van der Waals surface area contributed by atoms with Crippen molar-refractivity contribution in [3.05, 3.63) is 28.7 Å². The van der Waals surface area contributed by atoms with Gasteiger partial charge < -0.3 is 10.3 Å². The molecule has 0 radical (unpaired) electrons. The Labute approximate surface area is 87.9 Å². The van der Waals surface area contributed by atoms with Crippen LogP contribution >= 0.6 is 0 Å². The monoisotopic (exact) mass is 203 g/mol. The molecule has 0 unspecified atom stereocenters. The van der Waals surface area contributed by atoms with E-state index in [1.54, 1.807) is 12.4 Å². The number of rotatable bonds is 3. The van der Waals surface area contributed by atoms with Crippen LogP contribution in [0.4, 0.5) is 5.69 Å². The summed E-state index contributed by atoms with van der Waals surface area (Å²) in [5.41, 5.74) is 5.80. The fraction of sp³-hybridized carbons (Fsp3) is 0.455. The molecule has 1 aromatic heterocycles. The van der Waals surface area contributed by atoms with E-state index in [2.05, 4.69) is 6.07 Å². The molecule has 1 fully saturated rings. The van der Waals surface area contributed by atoms with Crippen LogP contribution in [0.25, 0.3) is 0 Å². The molecule has 0 atom stereocenters. The largest absolute Gasteiger partial charge is 0.394 e. The Morgan fingerprint density at radius 3 is 2.87 bits per heavy atom. The van der Waals surface area contributed by atoms with Gasteiger partial charge in [-0.25, -0.2) is 0 Å². The standard InChI is InChI=1S/C11H13N3O/c12-5-4-11(2-3-11)8-14-6-1-10(15)9(13)7-14/h1,6-7H,2-4,8,13H2. The first-order valence-corrected chi connectivity index (χ1v) is 4.98. The normalized spacial score (nSPS) is 17.0. The van der Waals surface area contributed by atoms with Crippen molar-refractivity contribution in [1.29, 1.82) is 5.26 Å². The Kier molecular flexibility index (Phi) is 2.24. The van der Waals surface area contributed by atoms with Crippen LogP contribution < -0.4 is 11.2 Å². The molecule has 0 bridgehead atoms. The van der Waals surface area contributed by atoms with Crippen LogP contribution in [0, 0.1) is 16.7 Å². The molecular formula is C11H13N3O. The lowest BCUT2D eigenvalue weighted by molar-refractivity contribution is 0.430. The van der Waals surface area contributed by atoms with Crippen molar-refractivity contribution in [2.24, 2.45) is 5.41 Å². The molecule has 1 aliphatic carbocycles. The average Bonchev–Trinajstić information content (AvgIpc) is 2.92. The molecule has 2 rings (SSSR count). The summed E-state index contributed by atoms with van der Waals surface area (Å²) in [5, 5.41) is 8.68. The van der Waals surface area contributed by atoms with E-state index in [0.717, 1.165) is 19.4 Å². The fourth-order valence-electron chi connectivity index (χ4n) is 1.77. The number of nitrogens with two attached hydrogens (primary N) is 1. The van der Waals surface area contributed by atoms with Crippen molar-refractivity contribution in [2.45, 2.75) is 25.8 Å². The van der Waals surface area contributed by atoms with Gasteiger partial charge in [0.2, 0.25) is 5.43 Å². The maximum atomic E-state index is 11.1. The van der Waals surface area contributed by atoms with Crippen molar-refractivity contribution in [3.8, 4) is 6.07 Å². The van der Waals surface area contributed by atoms with Crippen LogP contribution in [0.2, 0.25) is 0 Å². The van der Waals surface area contributed by atoms with Crippen molar-refractivity contribution in [1.82, 2.24) is 4.57 Å². The molecule has 1 saturated carbocycles. The maximum absolute atomic E-state index is 11.1. The van der Waals surface area contributed by atoms with Crippen LogP contribution in [-0.4, -0.2) is 4.57 Å². The summed E-state index contributed by atoms with van der Waals surface area (Å²) in [4.78, 5) is 11.1. The highest BCUT2D eigenvalue weighted by Gasteiger charge is 2.42. The summed E-state index contributed by atoms with van der Waals surface area (Å²) < 4.78 is 1.90. The van der Waals surface area contributed by atoms with Gasteiger partial charge in [0.1, 0.15) is 0 Å². The zero-order valence-electron chi connectivity index (χ0n) is 8.44. The van der Waals surface area contributed by atoms with Gasteiger partial charge in [-0.15, -0.1) is 0 Å². The van der Waals surface area contributed by atoms with E-state index < -0.39 is 0 Å². The van der Waals surface area contributed by atoms with Crippen molar-refractivity contribution < 1.29 is 0 Å². The summed E-state index contributed by atoms with van der Waals surface area (Å²) >= 11 is 0. The zero-order chi connectivity index (χ0) is 10.9. The number of hydrogen-bond acceptors (Lipinski definition) is 3. The van der Waals surface area contributed by atoms with E-state index in [1.165, 1.54) is 6.07 Å². The number of nitrogens with zero attached hydrogens (tertiary/aromatic N) is 2. The van der Waals surface area contributed by atoms with Gasteiger partial charge in [0.15, 0.2) is 0 Å². The van der Waals surface area contributed by atoms with E-state index in [4.69, 9.17) is 11.0 Å².